The topological polar surface area (TPSA) is 119 Å². The van der Waals surface area contributed by atoms with Crippen molar-refractivity contribution in [2.75, 3.05) is 0 Å². The largest absolute Gasteiger partial charge is 0.504 e. The van der Waals surface area contributed by atoms with Crippen molar-refractivity contribution in [3.05, 3.63) is 116 Å². The lowest BCUT2D eigenvalue weighted by Gasteiger charge is -2.07. The maximum atomic E-state index is 13.2. The Bertz CT molecular complexity index is 1890. The van der Waals surface area contributed by atoms with Crippen LogP contribution in [0.2, 0.25) is 0 Å². The number of para-hydroxylation sites is 2. The number of benzene rings is 3. The van der Waals surface area contributed by atoms with Crippen LogP contribution in [0, 0.1) is 13.8 Å². The summed E-state index contributed by atoms with van der Waals surface area (Å²) in [5.74, 6) is -0.774. The van der Waals surface area contributed by atoms with Crippen LogP contribution < -0.4 is 11.1 Å². The molecule has 40 heavy (non-hydrogen) atoms. The van der Waals surface area contributed by atoms with Crippen molar-refractivity contribution in [3.8, 4) is 22.9 Å². The summed E-state index contributed by atoms with van der Waals surface area (Å²) in [6.07, 6.45) is 2.76. The van der Waals surface area contributed by atoms with Gasteiger partial charge in [-0.2, -0.15) is 0 Å². The van der Waals surface area contributed by atoms with Crippen LogP contribution in [0.3, 0.4) is 0 Å². The second-order valence-corrected chi connectivity index (χ2v) is 9.31. The number of aromatic nitrogens is 4. The molecule has 0 bridgehead atoms. The molecule has 3 aromatic carbocycles. The molecular weight excluding hydrogens is 508 g/mol. The van der Waals surface area contributed by atoms with Crippen molar-refractivity contribution in [2.45, 2.75) is 13.8 Å². The van der Waals surface area contributed by atoms with Gasteiger partial charge in [-0.15, -0.1) is 0 Å². The molecule has 2 heterocycles. The summed E-state index contributed by atoms with van der Waals surface area (Å²) in [4.78, 5) is 35.1. The predicted octanol–water partition coefficient (Wildman–Crippen LogP) is 4.19. The fourth-order valence-corrected chi connectivity index (χ4v) is 4.52. The fraction of sp³-hybridized carbons (Fsp3) is 0.133. The SMILES string of the molecule is Cc1c(N=Cc2cc(O)c(O)c(C=Nc3c(C)n(C)n(-c4ccccc4)c3=O)c2)c(=O)n(-c2ccccc2)n1C. The Morgan fingerprint density at radius 2 is 1.12 bits per heavy atom. The average molecular weight is 537 g/mol. The number of phenols is 2. The second-order valence-electron chi connectivity index (χ2n) is 9.31. The Morgan fingerprint density at radius 1 is 0.675 bits per heavy atom. The third kappa shape index (κ3) is 4.55. The zero-order chi connectivity index (χ0) is 28.6. The molecule has 0 saturated carbocycles. The zero-order valence-corrected chi connectivity index (χ0v) is 22.5. The van der Waals surface area contributed by atoms with E-state index in [2.05, 4.69) is 9.98 Å². The lowest BCUT2D eigenvalue weighted by atomic mass is 10.1. The Kier molecular flexibility index (Phi) is 6.83. The van der Waals surface area contributed by atoms with Crippen molar-refractivity contribution in [3.63, 3.8) is 0 Å². The number of hydrogen-bond donors (Lipinski definition) is 2. The molecule has 202 valence electrons. The Balaban J connectivity index is 1.50. The van der Waals surface area contributed by atoms with E-state index in [-0.39, 0.29) is 39.6 Å². The number of nitrogens with zero attached hydrogens (tertiary/aromatic N) is 6. The van der Waals surface area contributed by atoms with Crippen LogP contribution in [0.25, 0.3) is 11.4 Å². The number of hydrogen-bond acceptors (Lipinski definition) is 6. The summed E-state index contributed by atoms with van der Waals surface area (Å²) in [6, 6.07) is 21.3. The molecule has 0 aliphatic rings. The minimum absolute atomic E-state index is 0.182. The van der Waals surface area contributed by atoms with Gasteiger partial charge in [-0.1, -0.05) is 36.4 Å². The highest BCUT2D eigenvalue weighted by Gasteiger charge is 2.17. The van der Waals surface area contributed by atoms with Crippen molar-refractivity contribution >= 4 is 23.8 Å². The summed E-state index contributed by atoms with van der Waals surface area (Å²) in [6.45, 7) is 3.57. The van der Waals surface area contributed by atoms with Gasteiger partial charge in [0.05, 0.1) is 22.8 Å². The molecule has 0 aliphatic carbocycles. The minimum atomic E-state index is -0.389. The van der Waals surface area contributed by atoms with E-state index in [1.807, 2.05) is 60.7 Å². The molecule has 2 aromatic heterocycles. The van der Waals surface area contributed by atoms with Gasteiger partial charge in [0, 0.05) is 32.1 Å². The second kappa shape index (κ2) is 10.4. The van der Waals surface area contributed by atoms with Crippen LogP contribution in [-0.2, 0) is 14.1 Å². The Hall–Kier alpha value is -5.38. The lowest BCUT2D eigenvalue weighted by Crippen LogP contribution is -2.19. The lowest BCUT2D eigenvalue weighted by molar-refractivity contribution is 0.403. The van der Waals surface area contributed by atoms with E-state index in [1.54, 1.807) is 43.4 Å². The van der Waals surface area contributed by atoms with Gasteiger partial charge in [0.2, 0.25) is 0 Å². The third-order valence-corrected chi connectivity index (χ3v) is 6.86. The minimum Gasteiger partial charge on any atom is -0.504 e. The van der Waals surface area contributed by atoms with Gasteiger partial charge in [-0.25, -0.2) is 19.3 Å². The third-order valence-electron chi connectivity index (χ3n) is 6.86. The molecule has 0 unspecified atom stereocenters. The molecule has 5 aromatic rings. The van der Waals surface area contributed by atoms with Gasteiger partial charge in [0.15, 0.2) is 22.9 Å². The van der Waals surface area contributed by atoms with Gasteiger partial charge in [-0.05, 0) is 55.8 Å². The summed E-state index contributed by atoms with van der Waals surface area (Å²) in [5, 5.41) is 20.9. The first-order valence-electron chi connectivity index (χ1n) is 12.5. The smallest absolute Gasteiger partial charge is 0.297 e. The van der Waals surface area contributed by atoms with E-state index in [1.165, 1.54) is 27.9 Å². The first kappa shape index (κ1) is 26.2. The molecule has 0 aliphatic heterocycles. The van der Waals surface area contributed by atoms with Gasteiger partial charge in [0.1, 0.15) is 0 Å². The average Bonchev–Trinajstić information content (AvgIpc) is 3.30. The number of rotatable bonds is 6. The molecule has 0 amide bonds. The molecule has 0 radical (unpaired) electrons. The maximum Gasteiger partial charge on any atom is 0.297 e. The van der Waals surface area contributed by atoms with E-state index >= 15 is 0 Å². The summed E-state index contributed by atoms with van der Waals surface area (Å²) in [7, 11) is 3.54. The van der Waals surface area contributed by atoms with Gasteiger partial charge < -0.3 is 10.2 Å². The first-order chi connectivity index (χ1) is 19.2. The number of aliphatic imine (C=N–C) groups is 2. The highest BCUT2D eigenvalue weighted by Crippen LogP contribution is 2.30. The van der Waals surface area contributed by atoms with Crippen LogP contribution in [0.4, 0.5) is 11.4 Å². The Morgan fingerprint density at radius 3 is 1.60 bits per heavy atom. The van der Waals surface area contributed by atoms with Crippen LogP contribution >= 0.6 is 0 Å². The van der Waals surface area contributed by atoms with Crippen molar-refractivity contribution < 1.29 is 10.2 Å². The molecule has 10 heteroatoms. The van der Waals surface area contributed by atoms with E-state index in [0.29, 0.717) is 28.3 Å². The van der Waals surface area contributed by atoms with Crippen LogP contribution in [-0.4, -0.2) is 41.4 Å². The standard InChI is InChI=1S/C30H28N6O4/c1-19-26(29(39)35(33(19)3)23-11-7-5-8-12-23)31-17-21-15-22(28(38)25(37)16-21)18-32-27-20(2)34(4)36(30(27)40)24-13-9-6-10-14-24/h5-18,37-38H,1-4H3. The van der Waals surface area contributed by atoms with Gasteiger partial charge in [0.25, 0.3) is 11.1 Å². The van der Waals surface area contributed by atoms with E-state index < -0.39 is 0 Å². The molecule has 2 N–H and O–H groups in total. The predicted molar refractivity (Wildman–Crippen MR) is 156 cm³/mol. The summed E-state index contributed by atoms with van der Waals surface area (Å²) in [5.41, 5.74) is 3.13. The summed E-state index contributed by atoms with van der Waals surface area (Å²) < 4.78 is 6.46. The fourth-order valence-electron chi connectivity index (χ4n) is 4.52. The highest BCUT2D eigenvalue weighted by molar-refractivity contribution is 5.92. The maximum absolute atomic E-state index is 13.2. The van der Waals surface area contributed by atoms with Crippen molar-refractivity contribution in [1.82, 2.24) is 18.7 Å². The van der Waals surface area contributed by atoms with Crippen molar-refractivity contribution in [1.29, 1.82) is 0 Å². The first-order valence-corrected chi connectivity index (χ1v) is 12.5. The van der Waals surface area contributed by atoms with E-state index in [4.69, 9.17) is 0 Å². The molecular formula is C30H28N6O4. The normalized spacial score (nSPS) is 11.7. The molecule has 0 fully saturated rings. The highest BCUT2D eigenvalue weighted by atomic mass is 16.3. The molecule has 5 rings (SSSR count). The number of phenolic OH excluding ortho intramolecular Hbond substituents is 2. The molecule has 0 saturated heterocycles. The quantitative estimate of drug-likeness (QED) is 0.250. The number of aromatic hydroxyl groups is 2. The van der Waals surface area contributed by atoms with Crippen LogP contribution in [0.15, 0.2) is 92.4 Å². The van der Waals surface area contributed by atoms with E-state index in [0.717, 1.165) is 0 Å². The van der Waals surface area contributed by atoms with Gasteiger partial charge >= 0.3 is 0 Å². The van der Waals surface area contributed by atoms with Gasteiger partial charge in [-0.3, -0.25) is 19.0 Å². The monoisotopic (exact) mass is 536 g/mol. The molecule has 10 nitrogen and oxygen atoms in total. The summed E-state index contributed by atoms with van der Waals surface area (Å²) >= 11 is 0. The molecule has 0 atom stereocenters. The Labute approximate surface area is 229 Å². The zero-order valence-electron chi connectivity index (χ0n) is 22.5. The van der Waals surface area contributed by atoms with Crippen LogP contribution in [0.1, 0.15) is 22.5 Å². The van der Waals surface area contributed by atoms with Crippen LogP contribution in [0.5, 0.6) is 11.5 Å². The van der Waals surface area contributed by atoms with E-state index in [9.17, 15) is 19.8 Å². The van der Waals surface area contributed by atoms with Crippen molar-refractivity contribution in [2.24, 2.45) is 24.1 Å². The molecule has 0 spiro atoms.